The van der Waals surface area contributed by atoms with Gasteiger partial charge in [-0.15, -0.1) is 0 Å². The Hall–Kier alpha value is -2.21. The molecule has 3 aromatic rings. The molecule has 0 aromatic carbocycles. The van der Waals surface area contributed by atoms with Crippen molar-refractivity contribution in [2.45, 2.75) is 13.0 Å². The van der Waals surface area contributed by atoms with Crippen LogP contribution >= 0.6 is 12.2 Å². The quantitative estimate of drug-likeness (QED) is 0.752. The summed E-state index contributed by atoms with van der Waals surface area (Å²) in [6.45, 7) is 2.07. The number of H-pyrrole nitrogens is 1. The normalized spacial score (nSPS) is 12.5. The first-order chi connectivity index (χ1) is 9.70. The van der Waals surface area contributed by atoms with Crippen LogP contribution in [0.25, 0.3) is 11.2 Å². The van der Waals surface area contributed by atoms with Gasteiger partial charge in [0.05, 0.1) is 18.7 Å². The molecule has 6 heteroatoms. The van der Waals surface area contributed by atoms with Crippen LogP contribution in [0.15, 0.2) is 36.7 Å². The second-order valence-corrected chi connectivity index (χ2v) is 4.87. The van der Waals surface area contributed by atoms with Crippen molar-refractivity contribution in [3.8, 4) is 5.88 Å². The summed E-state index contributed by atoms with van der Waals surface area (Å²) in [4.78, 5) is 11.8. The average Bonchev–Trinajstić information content (AvgIpc) is 2.82. The predicted octanol–water partition coefficient (Wildman–Crippen LogP) is 3.11. The molecule has 3 rings (SSSR count). The fraction of sp³-hybridized carbons (Fsp3) is 0.214. The number of ether oxygens (including phenoxy) is 1. The van der Waals surface area contributed by atoms with Gasteiger partial charge in [-0.3, -0.25) is 9.55 Å². The highest BCUT2D eigenvalue weighted by Crippen LogP contribution is 2.24. The van der Waals surface area contributed by atoms with Gasteiger partial charge < -0.3 is 9.72 Å². The van der Waals surface area contributed by atoms with E-state index in [0.29, 0.717) is 10.7 Å². The van der Waals surface area contributed by atoms with Gasteiger partial charge >= 0.3 is 0 Å². The van der Waals surface area contributed by atoms with E-state index in [0.717, 1.165) is 16.7 Å². The number of imidazole rings is 1. The first-order valence-corrected chi connectivity index (χ1v) is 6.66. The third-order valence-electron chi connectivity index (χ3n) is 3.30. The van der Waals surface area contributed by atoms with E-state index in [9.17, 15) is 0 Å². The average molecular weight is 286 g/mol. The van der Waals surface area contributed by atoms with Gasteiger partial charge in [-0.25, -0.2) is 0 Å². The summed E-state index contributed by atoms with van der Waals surface area (Å²) in [5.41, 5.74) is 2.76. The Bertz CT molecular complexity index is 794. The van der Waals surface area contributed by atoms with Gasteiger partial charge in [0.2, 0.25) is 5.88 Å². The highest BCUT2D eigenvalue weighted by atomic mass is 32.1. The minimum atomic E-state index is 0.0459. The minimum Gasteiger partial charge on any atom is -0.481 e. The number of aromatic nitrogens is 4. The molecule has 0 fully saturated rings. The summed E-state index contributed by atoms with van der Waals surface area (Å²) in [7, 11) is 1.60. The van der Waals surface area contributed by atoms with Crippen LogP contribution in [0.1, 0.15) is 18.5 Å². The molecule has 1 unspecified atom stereocenters. The minimum absolute atomic E-state index is 0.0459. The maximum Gasteiger partial charge on any atom is 0.215 e. The number of methoxy groups -OCH3 is 1. The Labute approximate surface area is 121 Å². The summed E-state index contributed by atoms with van der Waals surface area (Å²) in [5, 5.41) is 0. The van der Waals surface area contributed by atoms with Gasteiger partial charge in [0.25, 0.3) is 0 Å². The SMILES string of the molecule is COc1ccc2[nH]c(=S)n(C(C)c3cccnc3)c2n1. The molecule has 20 heavy (non-hydrogen) atoms. The molecule has 0 bridgehead atoms. The van der Waals surface area contributed by atoms with E-state index in [1.807, 2.05) is 35.0 Å². The van der Waals surface area contributed by atoms with E-state index in [1.54, 1.807) is 13.3 Å². The lowest BCUT2D eigenvalue weighted by molar-refractivity contribution is 0.398. The fourth-order valence-corrected chi connectivity index (χ4v) is 2.58. The molecule has 0 spiro atoms. The maximum atomic E-state index is 5.41. The van der Waals surface area contributed by atoms with Crippen LogP contribution in [-0.2, 0) is 0 Å². The molecule has 1 N–H and O–H groups in total. The highest BCUT2D eigenvalue weighted by molar-refractivity contribution is 7.71. The molecule has 0 saturated carbocycles. The van der Waals surface area contributed by atoms with Crippen molar-refractivity contribution in [3.05, 3.63) is 47.0 Å². The number of nitrogens with one attached hydrogen (secondary N) is 1. The second kappa shape index (κ2) is 5.05. The van der Waals surface area contributed by atoms with E-state index in [4.69, 9.17) is 17.0 Å². The van der Waals surface area contributed by atoms with Gasteiger partial charge in [-0.1, -0.05) is 6.07 Å². The lowest BCUT2D eigenvalue weighted by Crippen LogP contribution is -2.08. The van der Waals surface area contributed by atoms with E-state index < -0.39 is 0 Å². The summed E-state index contributed by atoms with van der Waals surface area (Å²) in [5.74, 6) is 0.568. The van der Waals surface area contributed by atoms with Crippen molar-refractivity contribution in [2.24, 2.45) is 0 Å². The number of rotatable bonds is 3. The number of pyridine rings is 2. The van der Waals surface area contributed by atoms with E-state index in [-0.39, 0.29) is 6.04 Å². The molecule has 1 atom stereocenters. The maximum absolute atomic E-state index is 5.41. The highest BCUT2D eigenvalue weighted by Gasteiger charge is 2.14. The molecule has 3 heterocycles. The van der Waals surface area contributed by atoms with Gasteiger partial charge in [0, 0.05) is 18.5 Å². The first kappa shape index (κ1) is 12.8. The van der Waals surface area contributed by atoms with Crippen LogP contribution in [0.2, 0.25) is 0 Å². The van der Waals surface area contributed by atoms with Crippen molar-refractivity contribution < 1.29 is 4.74 Å². The Kier molecular flexibility index (Phi) is 3.23. The molecule has 102 valence electrons. The zero-order valence-corrected chi connectivity index (χ0v) is 12.0. The van der Waals surface area contributed by atoms with Crippen molar-refractivity contribution in [1.82, 2.24) is 19.5 Å². The predicted molar refractivity (Wildman–Crippen MR) is 79.5 cm³/mol. The fourth-order valence-electron chi connectivity index (χ4n) is 2.23. The van der Waals surface area contributed by atoms with Gasteiger partial charge in [0.1, 0.15) is 0 Å². The Morgan fingerprint density at radius 3 is 2.90 bits per heavy atom. The van der Waals surface area contributed by atoms with Crippen LogP contribution < -0.4 is 4.74 Å². The Balaban J connectivity index is 2.20. The van der Waals surface area contributed by atoms with E-state index >= 15 is 0 Å². The smallest absolute Gasteiger partial charge is 0.215 e. The largest absolute Gasteiger partial charge is 0.481 e. The monoisotopic (exact) mass is 286 g/mol. The summed E-state index contributed by atoms with van der Waals surface area (Å²) in [6, 6.07) is 7.72. The number of aromatic amines is 1. The first-order valence-electron chi connectivity index (χ1n) is 6.26. The molecular formula is C14H14N4OS. The molecule has 0 radical (unpaired) electrons. The van der Waals surface area contributed by atoms with Crippen LogP contribution in [0.5, 0.6) is 5.88 Å². The lowest BCUT2D eigenvalue weighted by atomic mass is 10.1. The van der Waals surface area contributed by atoms with Crippen molar-refractivity contribution in [1.29, 1.82) is 0 Å². The number of nitrogens with zero attached hydrogens (tertiary/aromatic N) is 3. The molecule has 0 aliphatic heterocycles. The molecule has 5 nitrogen and oxygen atoms in total. The molecule has 0 saturated heterocycles. The number of hydrogen-bond donors (Lipinski definition) is 1. The third kappa shape index (κ3) is 2.08. The van der Waals surface area contributed by atoms with Gasteiger partial charge in [0.15, 0.2) is 10.4 Å². The topological polar surface area (TPSA) is 55.7 Å². The zero-order chi connectivity index (χ0) is 14.1. The lowest BCUT2D eigenvalue weighted by Gasteiger charge is -2.14. The Morgan fingerprint density at radius 2 is 2.20 bits per heavy atom. The molecule has 0 aliphatic rings. The van der Waals surface area contributed by atoms with E-state index in [2.05, 4.69) is 21.9 Å². The molecule has 3 aromatic heterocycles. The standard InChI is InChI=1S/C14H14N4OS/c1-9(10-4-3-7-15-8-10)18-13-11(16-14(18)20)5-6-12(17-13)19-2/h3-9H,1-2H3,(H,16,20). The van der Waals surface area contributed by atoms with E-state index in [1.165, 1.54) is 0 Å². The van der Waals surface area contributed by atoms with Crippen molar-refractivity contribution in [2.75, 3.05) is 7.11 Å². The molecule has 0 amide bonds. The van der Waals surface area contributed by atoms with Crippen molar-refractivity contribution in [3.63, 3.8) is 0 Å². The molecular weight excluding hydrogens is 272 g/mol. The zero-order valence-electron chi connectivity index (χ0n) is 11.2. The van der Waals surface area contributed by atoms with Gasteiger partial charge in [-0.05, 0) is 36.8 Å². The molecule has 0 aliphatic carbocycles. The van der Waals surface area contributed by atoms with Crippen LogP contribution in [-0.4, -0.2) is 26.6 Å². The number of fused-ring (bicyclic) bond motifs is 1. The summed E-state index contributed by atoms with van der Waals surface area (Å²) in [6.07, 6.45) is 3.59. The second-order valence-electron chi connectivity index (χ2n) is 4.49. The number of hydrogen-bond acceptors (Lipinski definition) is 4. The Morgan fingerprint density at radius 1 is 1.35 bits per heavy atom. The third-order valence-corrected chi connectivity index (χ3v) is 3.60. The van der Waals surface area contributed by atoms with Crippen molar-refractivity contribution >= 4 is 23.4 Å². The van der Waals surface area contributed by atoms with Crippen LogP contribution in [0, 0.1) is 4.77 Å². The van der Waals surface area contributed by atoms with Crippen LogP contribution in [0.4, 0.5) is 0 Å². The summed E-state index contributed by atoms with van der Waals surface area (Å²) >= 11 is 5.41. The van der Waals surface area contributed by atoms with Crippen LogP contribution in [0.3, 0.4) is 0 Å². The summed E-state index contributed by atoms with van der Waals surface area (Å²) < 4.78 is 7.80. The van der Waals surface area contributed by atoms with Gasteiger partial charge in [-0.2, -0.15) is 4.98 Å².